The van der Waals surface area contributed by atoms with Gasteiger partial charge in [0.25, 0.3) is 0 Å². The van der Waals surface area contributed by atoms with Crippen LogP contribution in [0.15, 0.2) is 4.52 Å². The van der Waals surface area contributed by atoms with Crippen LogP contribution >= 0.6 is 12.4 Å². The Hall–Kier alpha value is -0.610. The summed E-state index contributed by atoms with van der Waals surface area (Å²) < 4.78 is 5.41. The SMILES string of the molecule is Cl.NC1(c2noc(C3C4CCCC43)n2)CCC1. The number of hydrogen-bond acceptors (Lipinski definition) is 4. The molecule has 0 spiro atoms. The molecule has 3 aliphatic rings. The minimum absolute atomic E-state index is 0. The van der Waals surface area contributed by atoms with Gasteiger partial charge in [0.15, 0.2) is 5.82 Å². The standard InChI is InChI=1S/C12H17N3O.ClH/c13-12(5-2-6-12)11-14-10(16-15-11)9-7-3-1-4-8(7)9;/h7-9H,1-6,13H2;1H. The summed E-state index contributed by atoms with van der Waals surface area (Å²) in [5.41, 5.74) is 5.92. The number of halogens is 1. The Bertz CT molecular complexity index is 419. The molecule has 3 fully saturated rings. The second-order valence-electron chi connectivity index (χ2n) is 5.75. The van der Waals surface area contributed by atoms with Crippen molar-refractivity contribution < 1.29 is 4.52 Å². The highest BCUT2D eigenvalue weighted by atomic mass is 35.5. The zero-order valence-electron chi connectivity index (χ0n) is 9.76. The van der Waals surface area contributed by atoms with E-state index in [-0.39, 0.29) is 17.9 Å². The van der Waals surface area contributed by atoms with Crippen molar-refractivity contribution in [3.63, 3.8) is 0 Å². The van der Waals surface area contributed by atoms with Crippen LogP contribution in [-0.2, 0) is 5.54 Å². The number of fused-ring (bicyclic) bond motifs is 1. The third-order valence-corrected chi connectivity index (χ3v) is 4.82. The molecule has 3 aliphatic carbocycles. The fraction of sp³-hybridized carbons (Fsp3) is 0.833. The van der Waals surface area contributed by atoms with Gasteiger partial charge in [0.1, 0.15) is 0 Å². The lowest BCUT2D eigenvalue weighted by Gasteiger charge is -2.34. The first-order valence-electron chi connectivity index (χ1n) is 6.41. The maximum absolute atomic E-state index is 6.19. The third-order valence-electron chi connectivity index (χ3n) is 4.82. The molecule has 1 heterocycles. The first-order chi connectivity index (χ1) is 7.78. The molecule has 17 heavy (non-hydrogen) atoms. The highest BCUT2D eigenvalue weighted by Crippen LogP contribution is 2.62. The van der Waals surface area contributed by atoms with Crippen molar-refractivity contribution in [3.8, 4) is 0 Å². The van der Waals surface area contributed by atoms with Gasteiger partial charge in [-0.2, -0.15) is 4.98 Å². The highest BCUT2D eigenvalue weighted by Gasteiger charge is 2.56. The molecular formula is C12H18ClN3O. The number of rotatable bonds is 2. The highest BCUT2D eigenvalue weighted by molar-refractivity contribution is 5.85. The third kappa shape index (κ3) is 1.54. The maximum atomic E-state index is 6.19. The second kappa shape index (κ2) is 3.69. The number of hydrogen-bond donors (Lipinski definition) is 1. The lowest BCUT2D eigenvalue weighted by atomic mass is 9.77. The summed E-state index contributed by atoms with van der Waals surface area (Å²) in [5, 5.41) is 4.09. The molecule has 2 unspecified atom stereocenters. The zero-order chi connectivity index (χ0) is 10.8. The lowest BCUT2D eigenvalue weighted by Crippen LogP contribution is -2.44. The molecule has 0 saturated heterocycles. The summed E-state index contributed by atoms with van der Waals surface area (Å²) in [6.07, 6.45) is 7.28. The van der Waals surface area contributed by atoms with Crippen LogP contribution in [0.2, 0.25) is 0 Å². The molecule has 1 aromatic rings. The number of nitrogens with zero attached hydrogens (tertiary/aromatic N) is 2. The van der Waals surface area contributed by atoms with E-state index in [4.69, 9.17) is 10.3 Å². The van der Waals surface area contributed by atoms with Crippen molar-refractivity contribution in [2.24, 2.45) is 17.6 Å². The quantitative estimate of drug-likeness (QED) is 0.881. The number of aromatic nitrogens is 2. The first kappa shape index (κ1) is 11.5. The Kier molecular flexibility index (Phi) is 2.49. The van der Waals surface area contributed by atoms with Crippen molar-refractivity contribution in [3.05, 3.63) is 11.7 Å². The molecule has 4 nitrogen and oxygen atoms in total. The van der Waals surface area contributed by atoms with Gasteiger partial charge >= 0.3 is 0 Å². The van der Waals surface area contributed by atoms with Crippen LogP contribution in [0.3, 0.4) is 0 Å². The Morgan fingerprint density at radius 3 is 2.47 bits per heavy atom. The van der Waals surface area contributed by atoms with Crippen molar-refractivity contribution in [1.82, 2.24) is 10.1 Å². The van der Waals surface area contributed by atoms with Gasteiger partial charge in [0.05, 0.1) is 5.54 Å². The Morgan fingerprint density at radius 2 is 1.88 bits per heavy atom. The van der Waals surface area contributed by atoms with Crippen molar-refractivity contribution >= 4 is 12.4 Å². The summed E-state index contributed by atoms with van der Waals surface area (Å²) in [5.74, 6) is 3.85. The van der Waals surface area contributed by atoms with Crippen LogP contribution in [0, 0.1) is 11.8 Å². The Balaban J connectivity index is 0.000000902. The summed E-state index contributed by atoms with van der Waals surface area (Å²) in [7, 11) is 0. The van der Waals surface area contributed by atoms with Crippen LogP contribution < -0.4 is 5.73 Å². The van der Waals surface area contributed by atoms with Gasteiger partial charge in [0.2, 0.25) is 5.89 Å². The van der Waals surface area contributed by atoms with E-state index in [1.54, 1.807) is 0 Å². The Morgan fingerprint density at radius 1 is 1.18 bits per heavy atom. The van der Waals surface area contributed by atoms with Gasteiger partial charge in [-0.3, -0.25) is 0 Å². The molecule has 0 amide bonds. The molecule has 0 aromatic carbocycles. The molecule has 0 aliphatic heterocycles. The van der Waals surface area contributed by atoms with Crippen LogP contribution in [0.25, 0.3) is 0 Å². The topological polar surface area (TPSA) is 64.9 Å². The van der Waals surface area contributed by atoms with Crippen molar-refractivity contribution in [1.29, 1.82) is 0 Å². The van der Waals surface area contributed by atoms with Gasteiger partial charge in [0, 0.05) is 5.92 Å². The molecule has 0 radical (unpaired) electrons. The van der Waals surface area contributed by atoms with Gasteiger partial charge in [-0.05, 0) is 43.9 Å². The van der Waals surface area contributed by atoms with Gasteiger partial charge < -0.3 is 10.3 Å². The minimum Gasteiger partial charge on any atom is -0.339 e. The van der Waals surface area contributed by atoms with E-state index in [1.165, 1.54) is 25.7 Å². The first-order valence-corrected chi connectivity index (χ1v) is 6.41. The average Bonchev–Trinajstić information content (AvgIpc) is 2.74. The van der Waals surface area contributed by atoms with E-state index in [2.05, 4.69) is 10.1 Å². The normalized spacial score (nSPS) is 36.9. The predicted octanol–water partition coefficient (Wildman–Crippen LogP) is 2.34. The summed E-state index contributed by atoms with van der Waals surface area (Å²) in [4.78, 5) is 4.55. The Labute approximate surface area is 107 Å². The molecule has 4 rings (SSSR count). The van der Waals surface area contributed by atoms with E-state index < -0.39 is 0 Å². The largest absolute Gasteiger partial charge is 0.339 e. The molecule has 5 heteroatoms. The fourth-order valence-corrected chi connectivity index (χ4v) is 3.54. The zero-order valence-corrected chi connectivity index (χ0v) is 10.6. The van der Waals surface area contributed by atoms with E-state index in [0.717, 1.165) is 36.4 Å². The predicted molar refractivity (Wildman–Crippen MR) is 64.8 cm³/mol. The molecule has 2 N–H and O–H groups in total. The molecule has 94 valence electrons. The minimum atomic E-state index is -0.272. The average molecular weight is 256 g/mol. The molecule has 1 aromatic heterocycles. The summed E-state index contributed by atoms with van der Waals surface area (Å²) >= 11 is 0. The monoisotopic (exact) mass is 255 g/mol. The second-order valence-corrected chi connectivity index (χ2v) is 5.75. The maximum Gasteiger partial charge on any atom is 0.230 e. The van der Waals surface area contributed by atoms with E-state index in [0.29, 0.717) is 5.92 Å². The van der Waals surface area contributed by atoms with Crippen LogP contribution in [0.5, 0.6) is 0 Å². The van der Waals surface area contributed by atoms with Crippen molar-refractivity contribution in [2.45, 2.75) is 50.0 Å². The molecular weight excluding hydrogens is 238 g/mol. The van der Waals surface area contributed by atoms with E-state index in [9.17, 15) is 0 Å². The summed E-state index contributed by atoms with van der Waals surface area (Å²) in [6, 6.07) is 0. The van der Waals surface area contributed by atoms with E-state index >= 15 is 0 Å². The van der Waals surface area contributed by atoms with Crippen LogP contribution in [0.4, 0.5) is 0 Å². The molecule has 0 bridgehead atoms. The van der Waals surface area contributed by atoms with Crippen LogP contribution in [0.1, 0.15) is 56.2 Å². The molecule has 2 atom stereocenters. The molecule has 3 saturated carbocycles. The van der Waals surface area contributed by atoms with Crippen molar-refractivity contribution in [2.75, 3.05) is 0 Å². The van der Waals surface area contributed by atoms with Gasteiger partial charge in [-0.25, -0.2) is 0 Å². The smallest absolute Gasteiger partial charge is 0.230 e. The van der Waals surface area contributed by atoms with E-state index in [1.807, 2.05) is 0 Å². The fourth-order valence-electron chi connectivity index (χ4n) is 3.54. The summed E-state index contributed by atoms with van der Waals surface area (Å²) in [6.45, 7) is 0. The lowest BCUT2D eigenvalue weighted by molar-refractivity contribution is 0.228. The van der Waals surface area contributed by atoms with Gasteiger partial charge in [-0.1, -0.05) is 11.6 Å². The number of nitrogens with two attached hydrogens (primary N) is 1. The van der Waals surface area contributed by atoms with Gasteiger partial charge in [-0.15, -0.1) is 12.4 Å². The van der Waals surface area contributed by atoms with Crippen LogP contribution in [-0.4, -0.2) is 10.1 Å².